The van der Waals surface area contributed by atoms with E-state index in [9.17, 15) is 18.0 Å². The number of likely N-dealkylation sites (tertiary alicyclic amines) is 1. The number of carbonyl (C=O) groups excluding carboxylic acids is 1. The molecule has 7 nitrogen and oxygen atoms in total. The van der Waals surface area contributed by atoms with Gasteiger partial charge in [0.1, 0.15) is 17.7 Å². The third-order valence-corrected chi connectivity index (χ3v) is 6.41. The molecule has 35 heavy (non-hydrogen) atoms. The van der Waals surface area contributed by atoms with Crippen LogP contribution in [0.5, 0.6) is 0 Å². The molecule has 10 heteroatoms. The third-order valence-electron chi connectivity index (χ3n) is 6.41. The van der Waals surface area contributed by atoms with Gasteiger partial charge in [0.05, 0.1) is 16.8 Å². The number of hydrogen-bond acceptors (Lipinski definition) is 4. The van der Waals surface area contributed by atoms with Crippen molar-refractivity contribution in [3.8, 4) is 17.3 Å². The summed E-state index contributed by atoms with van der Waals surface area (Å²) in [7, 11) is 0. The molecule has 0 spiro atoms. The maximum absolute atomic E-state index is 13.7. The SMILES string of the molecule is N#Cc1cc(F)c(N)nc1-c1c[nH]c2c(F)cc(F)cc12.O=C(NC1CCCCC1)N1CCCC1. The Hall–Kier alpha value is -3.74. The van der Waals surface area contributed by atoms with Gasteiger partial charge in [-0.1, -0.05) is 19.3 Å². The van der Waals surface area contributed by atoms with Crippen LogP contribution < -0.4 is 11.1 Å². The molecule has 2 aliphatic rings. The fourth-order valence-electron chi connectivity index (χ4n) is 4.58. The molecule has 3 aromatic rings. The van der Waals surface area contributed by atoms with Crippen molar-refractivity contribution in [1.82, 2.24) is 20.2 Å². The first kappa shape index (κ1) is 24.4. The van der Waals surface area contributed by atoms with Crippen LogP contribution in [0, 0.1) is 28.8 Å². The zero-order valence-electron chi connectivity index (χ0n) is 19.2. The van der Waals surface area contributed by atoms with Gasteiger partial charge >= 0.3 is 6.03 Å². The molecule has 1 aliphatic heterocycles. The Kier molecular flexibility index (Phi) is 7.44. The van der Waals surface area contributed by atoms with Gasteiger partial charge in [0.2, 0.25) is 0 Å². The molecule has 0 atom stereocenters. The zero-order chi connectivity index (χ0) is 24.9. The van der Waals surface area contributed by atoms with E-state index < -0.39 is 23.3 Å². The summed E-state index contributed by atoms with van der Waals surface area (Å²) in [6.45, 7) is 1.91. The third kappa shape index (κ3) is 5.50. The number of aromatic amines is 1. The van der Waals surface area contributed by atoms with Crippen LogP contribution in [0.3, 0.4) is 0 Å². The van der Waals surface area contributed by atoms with E-state index in [4.69, 9.17) is 11.0 Å². The number of hydrogen-bond donors (Lipinski definition) is 3. The quantitative estimate of drug-likeness (QED) is 0.463. The van der Waals surface area contributed by atoms with Crippen molar-refractivity contribution in [2.45, 2.75) is 51.0 Å². The topological polar surface area (TPSA) is 111 Å². The number of carbonyl (C=O) groups is 1. The van der Waals surface area contributed by atoms with Crippen LogP contribution in [0.2, 0.25) is 0 Å². The van der Waals surface area contributed by atoms with E-state index in [0.717, 1.165) is 31.3 Å². The molecule has 2 aromatic heterocycles. The van der Waals surface area contributed by atoms with Crippen LogP contribution in [-0.4, -0.2) is 40.0 Å². The van der Waals surface area contributed by atoms with Crippen LogP contribution >= 0.6 is 0 Å². The fraction of sp³-hybridized carbons (Fsp3) is 0.400. The Bertz CT molecular complexity index is 1260. The standard InChI is InChI=1S/C14H7F3N4.C11H20N2O/c15-7-2-8-9(5-20-13(8)10(16)3-7)12-6(4-18)1-11(17)14(19)21-12;14-11(13-8-4-5-9-13)12-10-6-2-1-3-7-10/h1-3,5,20H,(H2,19,21);10H,1-9H2,(H,12,14). The molecule has 3 heterocycles. The zero-order valence-corrected chi connectivity index (χ0v) is 19.2. The second-order valence-corrected chi connectivity index (χ2v) is 8.85. The van der Waals surface area contributed by atoms with E-state index in [1.165, 1.54) is 51.1 Å². The predicted molar refractivity (Wildman–Crippen MR) is 127 cm³/mol. The molecule has 2 amide bonds. The first-order valence-electron chi connectivity index (χ1n) is 11.8. The van der Waals surface area contributed by atoms with E-state index >= 15 is 0 Å². The van der Waals surface area contributed by atoms with Gasteiger partial charge in [-0.15, -0.1) is 0 Å². The highest BCUT2D eigenvalue weighted by Crippen LogP contribution is 2.32. The molecule has 1 aromatic carbocycles. The van der Waals surface area contributed by atoms with Crippen LogP contribution in [0.1, 0.15) is 50.5 Å². The molecule has 0 unspecified atom stereocenters. The minimum Gasteiger partial charge on any atom is -0.381 e. The molecule has 0 radical (unpaired) electrons. The van der Waals surface area contributed by atoms with Gasteiger partial charge in [-0.25, -0.2) is 22.9 Å². The Morgan fingerprint density at radius 2 is 1.80 bits per heavy atom. The highest BCUT2D eigenvalue weighted by Gasteiger charge is 2.22. The Labute approximate surface area is 201 Å². The number of anilines is 1. The minimum absolute atomic E-state index is 0.0626. The van der Waals surface area contributed by atoms with Crippen molar-refractivity contribution in [1.29, 1.82) is 5.26 Å². The Morgan fingerprint density at radius 3 is 2.49 bits per heavy atom. The highest BCUT2D eigenvalue weighted by molar-refractivity contribution is 5.96. The molecule has 2 fully saturated rings. The predicted octanol–water partition coefficient (Wildman–Crippen LogP) is 5.23. The first-order chi connectivity index (χ1) is 16.9. The molecule has 1 saturated heterocycles. The molecule has 1 aliphatic carbocycles. The van der Waals surface area contributed by atoms with Crippen LogP contribution in [0.4, 0.5) is 23.8 Å². The van der Waals surface area contributed by atoms with Gasteiger partial charge in [-0.2, -0.15) is 5.26 Å². The smallest absolute Gasteiger partial charge is 0.317 e. The molecule has 5 rings (SSSR count). The van der Waals surface area contributed by atoms with Gasteiger partial charge in [0.15, 0.2) is 11.6 Å². The van der Waals surface area contributed by atoms with E-state index in [2.05, 4.69) is 15.3 Å². The summed E-state index contributed by atoms with van der Waals surface area (Å²) in [5.41, 5.74) is 5.73. The normalized spacial score (nSPS) is 16.0. The number of halogens is 3. The number of nitrogens with one attached hydrogen (secondary N) is 2. The van der Waals surface area contributed by atoms with Crippen molar-refractivity contribution in [2.24, 2.45) is 0 Å². The van der Waals surface area contributed by atoms with E-state index in [-0.39, 0.29) is 33.8 Å². The average molecular weight is 485 g/mol. The lowest BCUT2D eigenvalue weighted by molar-refractivity contribution is 0.200. The van der Waals surface area contributed by atoms with E-state index in [1.807, 2.05) is 4.90 Å². The lowest BCUT2D eigenvalue weighted by atomic mass is 9.96. The van der Waals surface area contributed by atoms with Crippen molar-refractivity contribution in [3.05, 3.63) is 47.4 Å². The number of rotatable bonds is 2. The Balaban J connectivity index is 0.000000179. The van der Waals surface area contributed by atoms with Gasteiger partial charge in [0, 0.05) is 42.3 Å². The number of amides is 2. The van der Waals surface area contributed by atoms with Gasteiger partial charge < -0.3 is 20.9 Å². The number of nitrogen functional groups attached to an aromatic ring is 1. The maximum atomic E-state index is 13.7. The molecule has 0 bridgehead atoms. The van der Waals surface area contributed by atoms with Gasteiger partial charge in [-0.05, 0) is 37.8 Å². The number of nitrogens with two attached hydrogens (primary N) is 1. The van der Waals surface area contributed by atoms with E-state index in [0.29, 0.717) is 6.04 Å². The molecular formula is C25H27F3N6O. The number of aromatic nitrogens is 2. The van der Waals surface area contributed by atoms with Crippen molar-refractivity contribution >= 4 is 22.8 Å². The largest absolute Gasteiger partial charge is 0.381 e. The van der Waals surface area contributed by atoms with Crippen LogP contribution in [0.25, 0.3) is 22.2 Å². The molecule has 184 valence electrons. The monoisotopic (exact) mass is 484 g/mol. The summed E-state index contributed by atoms with van der Waals surface area (Å²) in [5, 5.41) is 12.4. The Morgan fingerprint density at radius 1 is 1.09 bits per heavy atom. The second kappa shape index (κ2) is 10.7. The lowest BCUT2D eigenvalue weighted by Gasteiger charge is -2.25. The number of pyridine rings is 1. The van der Waals surface area contributed by atoms with Crippen molar-refractivity contribution in [3.63, 3.8) is 0 Å². The lowest BCUT2D eigenvalue weighted by Crippen LogP contribution is -2.44. The summed E-state index contributed by atoms with van der Waals surface area (Å²) >= 11 is 0. The van der Waals surface area contributed by atoms with Crippen LogP contribution in [-0.2, 0) is 0 Å². The number of H-pyrrole nitrogens is 1. The molecule has 4 N–H and O–H groups in total. The van der Waals surface area contributed by atoms with Crippen LogP contribution in [0.15, 0.2) is 24.4 Å². The average Bonchev–Trinajstić information content (AvgIpc) is 3.52. The summed E-state index contributed by atoms with van der Waals surface area (Å²) in [6.07, 6.45) is 10.00. The highest BCUT2D eigenvalue weighted by atomic mass is 19.1. The number of fused-ring (bicyclic) bond motifs is 1. The number of urea groups is 1. The van der Waals surface area contributed by atoms with Crippen molar-refractivity contribution < 1.29 is 18.0 Å². The fourth-order valence-corrected chi connectivity index (χ4v) is 4.58. The number of nitrogens with zero attached hydrogens (tertiary/aromatic N) is 3. The number of benzene rings is 1. The summed E-state index contributed by atoms with van der Waals surface area (Å²) in [4.78, 5) is 20.1. The van der Waals surface area contributed by atoms with Gasteiger partial charge in [-0.3, -0.25) is 0 Å². The summed E-state index contributed by atoms with van der Waals surface area (Å²) in [5.74, 6) is -2.76. The first-order valence-corrected chi connectivity index (χ1v) is 11.8. The second-order valence-electron chi connectivity index (χ2n) is 8.85. The summed E-state index contributed by atoms with van der Waals surface area (Å²) in [6, 6.07) is 5.19. The maximum Gasteiger partial charge on any atom is 0.317 e. The molecular weight excluding hydrogens is 457 g/mol. The number of nitriles is 1. The van der Waals surface area contributed by atoms with Crippen molar-refractivity contribution in [2.75, 3.05) is 18.8 Å². The van der Waals surface area contributed by atoms with Gasteiger partial charge in [0.25, 0.3) is 0 Å². The van der Waals surface area contributed by atoms with E-state index in [1.54, 1.807) is 6.07 Å². The summed E-state index contributed by atoms with van der Waals surface area (Å²) < 4.78 is 40.4. The minimum atomic E-state index is -0.826. The molecule has 1 saturated carbocycles.